The van der Waals surface area contributed by atoms with E-state index in [1.807, 2.05) is 6.92 Å². The van der Waals surface area contributed by atoms with E-state index in [0.29, 0.717) is 5.69 Å². The Balaban J connectivity index is 2.79. The molecule has 17 heavy (non-hydrogen) atoms. The number of rotatable bonds is 5. The van der Waals surface area contributed by atoms with Crippen molar-refractivity contribution in [1.82, 2.24) is 0 Å². The summed E-state index contributed by atoms with van der Waals surface area (Å²) in [6.45, 7) is 1.97. The number of carboxylic acid groups (broad SMARTS) is 1. The van der Waals surface area contributed by atoms with Gasteiger partial charge in [-0.1, -0.05) is 6.92 Å². The fraction of sp³-hybridized carbons (Fsp3) is 0.333. The molecule has 5 nitrogen and oxygen atoms in total. The molecule has 0 unspecified atom stereocenters. The fourth-order valence-electron chi connectivity index (χ4n) is 1.48. The summed E-state index contributed by atoms with van der Waals surface area (Å²) in [5.74, 6) is -0.930. The van der Waals surface area contributed by atoms with E-state index in [2.05, 4.69) is 5.32 Å². The average molecular weight is 237 g/mol. The molecule has 0 atom stereocenters. The van der Waals surface area contributed by atoms with Crippen molar-refractivity contribution in [2.45, 2.75) is 19.8 Å². The van der Waals surface area contributed by atoms with Crippen molar-refractivity contribution < 1.29 is 19.4 Å². The zero-order valence-corrected chi connectivity index (χ0v) is 9.82. The van der Waals surface area contributed by atoms with Crippen LogP contribution in [0.2, 0.25) is 0 Å². The molecule has 0 aliphatic rings. The van der Waals surface area contributed by atoms with E-state index in [0.717, 1.165) is 17.7 Å². The van der Waals surface area contributed by atoms with Crippen molar-refractivity contribution in [1.29, 1.82) is 0 Å². The molecular weight excluding hydrogens is 222 g/mol. The lowest BCUT2D eigenvalue weighted by atomic mass is 10.1. The highest BCUT2D eigenvalue weighted by atomic mass is 16.5. The molecule has 1 rings (SSSR count). The van der Waals surface area contributed by atoms with Gasteiger partial charge in [0.1, 0.15) is 12.2 Å². The highest BCUT2D eigenvalue weighted by Gasteiger charge is 2.09. The first-order chi connectivity index (χ1) is 8.06. The number of benzene rings is 1. The van der Waals surface area contributed by atoms with Gasteiger partial charge in [0.25, 0.3) is 0 Å². The second-order valence-electron chi connectivity index (χ2n) is 3.50. The van der Waals surface area contributed by atoms with Crippen molar-refractivity contribution in [3.8, 4) is 5.75 Å². The summed E-state index contributed by atoms with van der Waals surface area (Å²) in [4.78, 5) is 21.6. The first-order valence-corrected chi connectivity index (χ1v) is 5.25. The molecule has 1 amide bonds. The lowest BCUT2D eigenvalue weighted by Crippen LogP contribution is -2.16. The summed E-state index contributed by atoms with van der Waals surface area (Å²) >= 11 is 0. The number of aryl methyl sites for hydroxylation is 1. The van der Waals surface area contributed by atoms with Crippen LogP contribution >= 0.6 is 0 Å². The van der Waals surface area contributed by atoms with Crippen molar-refractivity contribution in [2.24, 2.45) is 0 Å². The van der Waals surface area contributed by atoms with Gasteiger partial charge in [0.05, 0.1) is 7.11 Å². The Labute approximate surface area is 99.4 Å². The Bertz CT molecular complexity index is 429. The second kappa shape index (κ2) is 5.89. The number of anilines is 1. The third kappa shape index (κ3) is 3.79. The van der Waals surface area contributed by atoms with Gasteiger partial charge >= 0.3 is 5.97 Å². The maximum Gasteiger partial charge on any atom is 0.312 e. The maximum atomic E-state index is 11.3. The normalized spacial score (nSPS) is 9.76. The molecule has 0 radical (unpaired) electrons. The summed E-state index contributed by atoms with van der Waals surface area (Å²) in [5, 5.41) is 11.0. The molecule has 2 N–H and O–H groups in total. The molecule has 0 aliphatic heterocycles. The third-order valence-electron chi connectivity index (χ3n) is 2.26. The van der Waals surface area contributed by atoms with Crippen LogP contribution in [0.3, 0.4) is 0 Å². The van der Waals surface area contributed by atoms with Crippen LogP contribution < -0.4 is 10.1 Å². The van der Waals surface area contributed by atoms with Crippen LogP contribution in [0, 0.1) is 0 Å². The van der Waals surface area contributed by atoms with Crippen LogP contribution in [0.25, 0.3) is 0 Å². The molecule has 1 aromatic rings. The highest BCUT2D eigenvalue weighted by molar-refractivity contribution is 6.01. The second-order valence-corrected chi connectivity index (χ2v) is 3.50. The molecule has 0 saturated carbocycles. The molecule has 0 aliphatic carbocycles. The topological polar surface area (TPSA) is 75.6 Å². The molecule has 92 valence electrons. The predicted octanol–water partition coefficient (Wildman–Crippen LogP) is 1.67. The lowest BCUT2D eigenvalue weighted by molar-refractivity contribution is -0.139. The summed E-state index contributed by atoms with van der Waals surface area (Å²) in [6, 6.07) is 5.20. The molecule has 0 bridgehead atoms. The quantitative estimate of drug-likeness (QED) is 0.764. The minimum Gasteiger partial charge on any atom is -0.496 e. The van der Waals surface area contributed by atoms with Gasteiger partial charge in [0, 0.05) is 5.69 Å². The molecule has 5 heteroatoms. The molecule has 0 saturated heterocycles. The van der Waals surface area contributed by atoms with E-state index in [-0.39, 0.29) is 0 Å². The highest BCUT2D eigenvalue weighted by Crippen LogP contribution is 2.23. The predicted molar refractivity (Wildman–Crippen MR) is 63.3 cm³/mol. The minimum absolute atomic E-state index is 0.534. The van der Waals surface area contributed by atoms with Gasteiger partial charge in [-0.05, 0) is 30.2 Å². The summed E-state index contributed by atoms with van der Waals surface area (Å²) in [7, 11) is 1.58. The number of aliphatic carboxylic acids is 1. The number of methoxy groups -OCH3 is 1. The molecule has 0 fully saturated rings. The maximum absolute atomic E-state index is 11.3. The molecule has 1 aromatic carbocycles. The van der Waals surface area contributed by atoms with E-state index in [4.69, 9.17) is 9.84 Å². The number of hydrogen-bond acceptors (Lipinski definition) is 3. The number of carbonyl (C=O) groups is 2. The monoisotopic (exact) mass is 237 g/mol. The van der Waals surface area contributed by atoms with Crippen LogP contribution in [0.5, 0.6) is 5.75 Å². The van der Waals surface area contributed by atoms with E-state index < -0.39 is 18.3 Å². The first kappa shape index (κ1) is 13.0. The van der Waals surface area contributed by atoms with Crippen LogP contribution in [0.15, 0.2) is 18.2 Å². The summed E-state index contributed by atoms with van der Waals surface area (Å²) in [5.41, 5.74) is 1.54. The third-order valence-corrected chi connectivity index (χ3v) is 2.26. The van der Waals surface area contributed by atoms with Crippen molar-refractivity contribution in [3.63, 3.8) is 0 Å². The zero-order valence-electron chi connectivity index (χ0n) is 9.82. The minimum atomic E-state index is -1.15. The number of hydrogen-bond donors (Lipinski definition) is 2. The van der Waals surface area contributed by atoms with Gasteiger partial charge in [-0.2, -0.15) is 0 Å². The van der Waals surface area contributed by atoms with E-state index >= 15 is 0 Å². The Hall–Kier alpha value is -2.04. The largest absolute Gasteiger partial charge is 0.496 e. The van der Waals surface area contributed by atoms with Gasteiger partial charge < -0.3 is 15.2 Å². The molecule has 0 heterocycles. The number of carboxylic acids is 1. The first-order valence-electron chi connectivity index (χ1n) is 5.25. The van der Waals surface area contributed by atoms with Crippen molar-refractivity contribution in [3.05, 3.63) is 23.8 Å². The van der Waals surface area contributed by atoms with Gasteiger partial charge in [-0.3, -0.25) is 9.59 Å². The number of nitrogens with one attached hydrogen (secondary N) is 1. The van der Waals surface area contributed by atoms with Crippen LogP contribution in [0.1, 0.15) is 18.9 Å². The Kier molecular flexibility index (Phi) is 4.51. The van der Waals surface area contributed by atoms with E-state index in [1.165, 1.54) is 0 Å². The zero-order chi connectivity index (χ0) is 12.8. The Morgan fingerprint density at radius 3 is 2.65 bits per heavy atom. The fourth-order valence-corrected chi connectivity index (χ4v) is 1.48. The van der Waals surface area contributed by atoms with Crippen LogP contribution in [-0.2, 0) is 16.0 Å². The van der Waals surface area contributed by atoms with E-state index in [9.17, 15) is 9.59 Å². The number of ether oxygens (including phenoxy) is 1. The summed E-state index contributed by atoms with van der Waals surface area (Å²) < 4.78 is 5.15. The Morgan fingerprint density at radius 2 is 2.12 bits per heavy atom. The van der Waals surface area contributed by atoms with E-state index in [1.54, 1.807) is 25.3 Å². The standard InChI is InChI=1S/C12H15NO4/c1-3-8-6-9(4-5-10(8)17-2)13-11(14)7-12(15)16/h4-6H,3,7H2,1-2H3,(H,13,14)(H,15,16). The molecule has 0 aromatic heterocycles. The van der Waals surface area contributed by atoms with Gasteiger partial charge in [-0.25, -0.2) is 0 Å². The van der Waals surface area contributed by atoms with Gasteiger partial charge in [-0.15, -0.1) is 0 Å². The smallest absolute Gasteiger partial charge is 0.312 e. The number of amides is 1. The Morgan fingerprint density at radius 1 is 1.41 bits per heavy atom. The van der Waals surface area contributed by atoms with Crippen molar-refractivity contribution in [2.75, 3.05) is 12.4 Å². The van der Waals surface area contributed by atoms with Gasteiger partial charge in [0.15, 0.2) is 0 Å². The van der Waals surface area contributed by atoms with Crippen LogP contribution in [-0.4, -0.2) is 24.1 Å². The van der Waals surface area contributed by atoms with Gasteiger partial charge in [0.2, 0.25) is 5.91 Å². The molecular formula is C12H15NO4. The molecule has 0 spiro atoms. The summed E-state index contributed by atoms with van der Waals surface area (Å²) in [6.07, 6.45) is 0.235. The van der Waals surface area contributed by atoms with Crippen molar-refractivity contribution >= 4 is 17.6 Å². The average Bonchev–Trinajstić information content (AvgIpc) is 2.27. The van der Waals surface area contributed by atoms with Crippen LogP contribution in [0.4, 0.5) is 5.69 Å². The number of carbonyl (C=O) groups excluding carboxylic acids is 1. The SMILES string of the molecule is CCc1cc(NC(=O)CC(=O)O)ccc1OC. The lowest BCUT2D eigenvalue weighted by Gasteiger charge is -2.09.